The number of aryl methyl sites for hydroxylation is 1. The van der Waals surface area contributed by atoms with E-state index in [-0.39, 0.29) is 35.7 Å². The molecule has 4 aromatic rings. The van der Waals surface area contributed by atoms with E-state index < -0.39 is 0 Å². The molecule has 1 aliphatic heterocycles. The third kappa shape index (κ3) is 6.35. The lowest BCUT2D eigenvalue weighted by molar-refractivity contribution is -0.132. The molecular weight excluding hydrogens is 507 g/mol. The summed E-state index contributed by atoms with van der Waals surface area (Å²) in [6.45, 7) is 2.70. The van der Waals surface area contributed by atoms with Gasteiger partial charge in [0, 0.05) is 75.1 Å². The second-order valence-electron chi connectivity index (χ2n) is 10.7. The zero-order chi connectivity index (χ0) is 28.1. The number of H-pyrrole nitrogens is 1. The number of amides is 1. The van der Waals surface area contributed by atoms with Gasteiger partial charge in [0.25, 0.3) is 0 Å². The molecule has 0 saturated carbocycles. The number of nitrogens with one attached hydrogen (secondary N) is 1. The van der Waals surface area contributed by atoms with Crippen LogP contribution in [0.15, 0.2) is 71.7 Å². The Balaban J connectivity index is 1.23. The largest absolute Gasteiger partial charge is 0.385 e. The van der Waals surface area contributed by atoms with E-state index in [9.17, 15) is 14.0 Å². The zero-order valence-corrected chi connectivity index (χ0v) is 22.9. The second-order valence-corrected chi connectivity index (χ2v) is 10.7. The number of fused-ring (bicyclic) bond motifs is 1. The first-order chi connectivity index (χ1) is 19.4. The van der Waals surface area contributed by atoms with Crippen molar-refractivity contribution in [2.45, 2.75) is 50.6 Å². The van der Waals surface area contributed by atoms with Gasteiger partial charge >= 0.3 is 0 Å². The molecule has 2 aromatic carbocycles. The minimum absolute atomic E-state index is 0.0607. The molecule has 1 aliphatic rings. The number of rotatable bonds is 10. The Morgan fingerprint density at radius 2 is 1.98 bits per heavy atom. The number of aromatic amines is 1. The molecule has 0 bridgehead atoms. The maximum absolute atomic E-state index is 14.7. The third-order valence-electron chi connectivity index (χ3n) is 7.84. The predicted octanol–water partition coefficient (Wildman–Crippen LogP) is 4.84. The fourth-order valence-corrected chi connectivity index (χ4v) is 5.85. The van der Waals surface area contributed by atoms with Crippen molar-refractivity contribution in [3.05, 3.63) is 94.3 Å². The highest BCUT2D eigenvalue weighted by atomic mass is 19.1. The van der Waals surface area contributed by atoms with E-state index in [2.05, 4.69) is 9.55 Å². The topological polar surface area (TPSA) is 93.3 Å². The maximum atomic E-state index is 14.7. The van der Waals surface area contributed by atoms with Crippen molar-refractivity contribution in [2.75, 3.05) is 26.8 Å². The van der Waals surface area contributed by atoms with Crippen LogP contribution in [0, 0.1) is 5.82 Å². The summed E-state index contributed by atoms with van der Waals surface area (Å²) in [6.07, 6.45) is 5.19. The van der Waals surface area contributed by atoms with E-state index in [1.165, 1.54) is 6.07 Å². The Hall–Kier alpha value is -3.75. The molecule has 0 radical (unpaired) electrons. The lowest BCUT2D eigenvalue weighted by Gasteiger charge is -2.34. The Bertz CT molecular complexity index is 1510. The molecule has 0 spiro atoms. The summed E-state index contributed by atoms with van der Waals surface area (Å²) < 4.78 is 22.1. The Morgan fingerprint density at radius 1 is 1.15 bits per heavy atom. The highest BCUT2D eigenvalue weighted by molar-refractivity contribution is 5.82. The Labute approximate surface area is 233 Å². The highest BCUT2D eigenvalue weighted by Crippen LogP contribution is 2.33. The number of carbonyl (C=O) groups is 1. The fraction of sp³-hybridized carbons (Fsp3) is 0.375. The van der Waals surface area contributed by atoms with Crippen LogP contribution >= 0.6 is 0 Å². The molecule has 1 fully saturated rings. The molecular formula is C32H37FN4O3. The Kier molecular flexibility index (Phi) is 8.77. The minimum atomic E-state index is -0.298. The third-order valence-corrected chi connectivity index (χ3v) is 7.84. The zero-order valence-electron chi connectivity index (χ0n) is 22.9. The number of aromatic nitrogens is 2. The van der Waals surface area contributed by atoms with E-state index >= 15 is 0 Å². The molecule has 1 amide bonds. The van der Waals surface area contributed by atoms with E-state index in [1.807, 2.05) is 47.4 Å². The van der Waals surface area contributed by atoms with Gasteiger partial charge in [-0.3, -0.25) is 9.59 Å². The number of pyridine rings is 1. The number of ether oxygens (including phenoxy) is 1. The van der Waals surface area contributed by atoms with Gasteiger partial charge in [-0.15, -0.1) is 0 Å². The smallest absolute Gasteiger partial charge is 0.248 e. The maximum Gasteiger partial charge on any atom is 0.248 e. The molecule has 2 aromatic heterocycles. The average molecular weight is 545 g/mol. The van der Waals surface area contributed by atoms with Crippen LogP contribution in [0.1, 0.15) is 42.9 Å². The van der Waals surface area contributed by atoms with Crippen molar-refractivity contribution in [2.24, 2.45) is 5.73 Å². The van der Waals surface area contributed by atoms with E-state index in [4.69, 9.17) is 10.5 Å². The van der Waals surface area contributed by atoms with Gasteiger partial charge in [0.1, 0.15) is 5.82 Å². The standard InChI is InChI=1S/C32H37FN4O3/c1-40-16-4-15-37-29-7-2-6-28(33)27(29)20-30(37)25-5-3-14-36(21-25)32(39)19-26(34)17-22-8-10-23(11-9-22)24-12-13-35-31(38)18-24/h2,6-13,18,20,25-26H,3-5,14-17,19,21,34H2,1H3,(H,35,38)/t25?,26-/m1/s1. The first kappa shape index (κ1) is 27.8. The molecule has 3 heterocycles. The summed E-state index contributed by atoms with van der Waals surface area (Å²) in [5.41, 5.74) is 11.1. The number of halogens is 1. The summed E-state index contributed by atoms with van der Waals surface area (Å²) in [4.78, 5) is 29.5. The first-order valence-electron chi connectivity index (χ1n) is 14.0. The van der Waals surface area contributed by atoms with Gasteiger partial charge in [-0.25, -0.2) is 4.39 Å². The lowest BCUT2D eigenvalue weighted by atomic mass is 9.93. The normalized spacial score (nSPS) is 16.4. The van der Waals surface area contributed by atoms with Crippen LogP contribution in [-0.4, -0.2) is 53.2 Å². The number of hydrogen-bond donors (Lipinski definition) is 2. The van der Waals surface area contributed by atoms with Crippen molar-refractivity contribution >= 4 is 16.8 Å². The fourth-order valence-electron chi connectivity index (χ4n) is 5.85. The summed E-state index contributed by atoms with van der Waals surface area (Å²) in [5.74, 6) is -0.0176. The predicted molar refractivity (Wildman–Crippen MR) is 156 cm³/mol. The number of carbonyl (C=O) groups excluding carboxylic acids is 1. The van der Waals surface area contributed by atoms with Gasteiger partial charge in [-0.05, 0) is 66.6 Å². The minimum Gasteiger partial charge on any atom is -0.385 e. The molecule has 2 atom stereocenters. The molecule has 40 heavy (non-hydrogen) atoms. The summed E-state index contributed by atoms with van der Waals surface area (Å²) in [5, 5.41) is 0.630. The number of piperidine rings is 1. The summed E-state index contributed by atoms with van der Waals surface area (Å²) in [6, 6.07) is 18.3. The average Bonchev–Trinajstić information content (AvgIpc) is 3.33. The van der Waals surface area contributed by atoms with Crippen LogP contribution < -0.4 is 11.3 Å². The first-order valence-corrected chi connectivity index (χ1v) is 14.0. The van der Waals surface area contributed by atoms with Gasteiger partial charge in [-0.2, -0.15) is 0 Å². The van der Waals surface area contributed by atoms with Crippen molar-refractivity contribution in [3.8, 4) is 11.1 Å². The number of benzene rings is 2. The monoisotopic (exact) mass is 544 g/mol. The van der Waals surface area contributed by atoms with E-state index in [1.54, 1.807) is 25.4 Å². The van der Waals surface area contributed by atoms with Crippen molar-refractivity contribution in [3.63, 3.8) is 0 Å². The van der Waals surface area contributed by atoms with Crippen molar-refractivity contribution in [1.29, 1.82) is 0 Å². The summed E-state index contributed by atoms with van der Waals surface area (Å²) >= 11 is 0. The van der Waals surface area contributed by atoms with Crippen LogP contribution in [0.4, 0.5) is 4.39 Å². The molecule has 1 saturated heterocycles. The number of methoxy groups -OCH3 is 1. The van der Waals surface area contributed by atoms with Gasteiger partial charge in [0.15, 0.2) is 0 Å². The van der Waals surface area contributed by atoms with Gasteiger partial charge in [0.05, 0.1) is 5.52 Å². The molecule has 8 heteroatoms. The Morgan fingerprint density at radius 3 is 2.75 bits per heavy atom. The van der Waals surface area contributed by atoms with Crippen molar-refractivity contribution in [1.82, 2.24) is 14.5 Å². The lowest BCUT2D eigenvalue weighted by Crippen LogP contribution is -2.42. The molecule has 5 rings (SSSR count). The molecule has 7 nitrogen and oxygen atoms in total. The highest BCUT2D eigenvalue weighted by Gasteiger charge is 2.28. The van der Waals surface area contributed by atoms with E-state index in [0.717, 1.165) is 53.7 Å². The molecule has 1 unspecified atom stereocenters. The van der Waals surface area contributed by atoms with Gasteiger partial charge < -0.3 is 24.9 Å². The quantitative estimate of drug-likeness (QED) is 0.280. The van der Waals surface area contributed by atoms with Gasteiger partial charge in [-0.1, -0.05) is 30.3 Å². The van der Waals surface area contributed by atoms with Gasteiger partial charge in [0.2, 0.25) is 11.5 Å². The van der Waals surface area contributed by atoms with Crippen LogP contribution in [-0.2, 0) is 22.5 Å². The van der Waals surface area contributed by atoms with E-state index in [0.29, 0.717) is 31.5 Å². The number of hydrogen-bond acceptors (Lipinski definition) is 4. The van der Waals surface area contributed by atoms with Crippen LogP contribution in [0.5, 0.6) is 0 Å². The van der Waals surface area contributed by atoms with Crippen molar-refractivity contribution < 1.29 is 13.9 Å². The SMILES string of the molecule is COCCCn1c(C2CCCN(C(=O)C[C@H](N)Cc3ccc(-c4cc[nH]c(=O)c4)cc3)C2)cc2c(F)cccc21. The van der Waals surface area contributed by atoms with Crippen LogP contribution in [0.2, 0.25) is 0 Å². The summed E-state index contributed by atoms with van der Waals surface area (Å²) in [7, 11) is 1.69. The van der Waals surface area contributed by atoms with Crippen LogP contribution in [0.3, 0.4) is 0 Å². The molecule has 3 N–H and O–H groups in total. The molecule has 0 aliphatic carbocycles. The molecule has 210 valence electrons. The second kappa shape index (κ2) is 12.6. The number of nitrogens with zero attached hydrogens (tertiary/aromatic N) is 2. The number of likely N-dealkylation sites (tertiary alicyclic amines) is 1. The van der Waals surface area contributed by atoms with Crippen LogP contribution in [0.25, 0.3) is 22.0 Å². The number of nitrogens with two attached hydrogens (primary N) is 1.